The minimum absolute atomic E-state index is 0.0557. The van der Waals surface area contributed by atoms with E-state index in [1.165, 1.54) is 36.4 Å². The highest BCUT2D eigenvalue weighted by atomic mass is 35.5. The molecule has 1 amide bonds. The topological polar surface area (TPSA) is 75.7 Å². The summed E-state index contributed by atoms with van der Waals surface area (Å²) in [6.45, 7) is -0.461. The van der Waals surface area contributed by atoms with Gasteiger partial charge in [-0.3, -0.25) is 9.10 Å². The number of hydrogen-bond acceptors (Lipinski definition) is 4. The molecule has 8 heteroatoms. The van der Waals surface area contributed by atoms with E-state index in [9.17, 15) is 13.2 Å². The van der Waals surface area contributed by atoms with Crippen LogP contribution >= 0.6 is 11.6 Å². The smallest absolute Gasteiger partial charge is 0.264 e. The van der Waals surface area contributed by atoms with Crippen LogP contribution in [0.15, 0.2) is 83.8 Å². The van der Waals surface area contributed by atoms with Gasteiger partial charge in [0.15, 0.2) is 0 Å². The number of halogens is 1. The molecule has 0 unspecified atom stereocenters. The Balaban J connectivity index is 1.53. The highest BCUT2D eigenvalue weighted by molar-refractivity contribution is 7.92. The van der Waals surface area contributed by atoms with Crippen molar-refractivity contribution >= 4 is 49.7 Å². The van der Waals surface area contributed by atoms with E-state index in [0.29, 0.717) is 10.7 Å². The monoisotopic (exact) mass is 506 g/mol. The third kappa shape index (κ3) is 4.33. The summed E-state index contributed by atoms with van der Waals surface area (Å²) in [5, 5.41) is 5.36. The van der Waals surface area contributed by atoms with Crippen LogP contribution in [0.5, 0.6) is 5.75 Å². The number of aryl methyl sites for hydroxylation is 2. The Labute approximate surface area is 209 Å². The molecule has 0 fully saturated rings. The number of rotatable bonds is 7. The number of ether oxygens (including phenoxy) is 1. The van der Waals surface area contributed by atoms with E-state index in [4.69, 9.17) is 16.3 Å². The van der Waals surface area contributed by atoms with Crippen LogP contribution in [-0.4, -0.2) is 28.0 Å². The Bertz CT molecular complexity index is 1530. The summed E-state index contributed by atoms with van der Waals surface area (Å²) in [6, 6.07) is 22.6. The van der Waals surface area contributed by atoms with E-state index < -0.39 is 22.5 Å². The number of benzene rings is 4. The molecule has 0 radical (unpaired) electrons. The van der Waals surface area contributed by atoms with Crippen LogP contribution in [0.25, 0.3) is 10.8 Å². The zero-order valence-corrected chi connectivity index (χ0v) is 20.6. The summed E-state index contributed by atoms with van der Waals surface area (Å²) in [7, 11) is -2.67. The lowest BCUT2D eigenvalue weighted by Gasteiger charge is -2.26. The summed E-state index contributed by atoms with van der Waals surface area (Å²) in [6.07, 6.45) is 1.95. The first-order chi connectivity index (χ1) is 16.9. The predicted molar refractivity (Wildman–Crippen MR) is 139 cm³/mol. The molecule has 0 atom stereocenters. The summed E-state index contributed by atoms with van der Waals surface area (Å²) in [5.74, 6) is -0.197. The molecule has 0 bridgehead atoms. The van der Waals surface area contributed by atoms with E-state index in [1.807, 2.05) is 24.3 Å². The second kappa shape index (κ2) is 9.24. The Kier molecular flexibility index (Phi) is 6.13. The molecule has 0 heterocycles. The third-order valence-corrected chi connectivity index (χ3v) is 8.19. The molecule has 1 aliphatic rings. The van der Waals surface area contributed by atoms with Crippen molar-refractivity contribution < 1.29 is 17.9 Å². The Morgan fingerprint density at radius 2 is 1.71 bits per heavy atom. The molecule has 4 aromatic carbocycles. The summed E-state index contributed by atoms with van der Waals surface area (Å²) in [5.41, 5.74) is 3.34. The zero-order valence-electron chi connectivity index (χ0n) is 19.0. The predicted octanol–water partition coefficient (Wildman–Crippen LogP) is 5.43. The van der Waals surface area contributed by atoms with Gasteiger partial charge in [-0.25, -0.2) is 8.42 Å². The van der Waals surface area contributed by atoms with Gasteiger partial charge in [-0.1, -0.05) is 54.1 Å². The Morgan fingerprint density at radius 3 is 2.46 bits per heavy atom. The summed E-state index contributed by atoms with van der Waals surface area (Å²) >= 11 is 6.20. The van der Waals surface area contributed by atoms with E-state index in [2.05, 4.69) is 11.4 Å². The number of carbonyl (C=O) groups is 1. The SMILES string of the molecule is COc1ccc(Cl)cc1N(CC(=O)Nc1ccc2c3c(cccc13)CC2)S(=O)(=O)c1ccccc1. The highest BCUT2D eigenvalue weighted by Crippen LogP contribution is 2.36. The van der Waals surface area contributed by atoms with Crippen molar-refractivity contribution in [2.75, 3.05) is 23.3 Å². The first-order valence-electron chi connectivity index (χ1n) is 11.1. The summed E-state index contributed by atoms with van der Waals surface area (Å²) < 4.78 is 33.8. The molecule has 4 aromatic rings. The highest BCUT2D eigenvalue weighted by Gasteiger charge is 2.30. The molecule has 6 nitrogen and oxygen atoms in total. The quantitative estimate of drug-likeness (QED) is 0.362. The molecule has 178 valence electrons. The van der Waals surface area contributed by atoms with Crippen LogP contribution in [0, 0.1) is 0 Å². The van der Waals surface area contributed by atoms with E-state index in [-0.39, 0.29) is 16.3 Å². The van der Waals surface area contributed by atoms with Crippen LogP contribution in [0.1, 0.15) is 11.1 Å². The van der Waals surface area contributed by atoms with Crippen molar-refractivity contribution in [2.24, 2.45) is 0 Å². The average Bonchev–Trinajstić information content (AvgIpc) is 3.29. The standard InChI is InChI=1S/C27H23ClN2O4S/c1-34-25-15-13-20(28)16-24(25)30(35(32,33)21-7-3-2-4-8-21)17-26(31)29-23-14-12-19-11-10-18-6-5-9-22(23)27(18)19/h2-9,12-16H,10-11,17H2,1H3,(H,29,31). The fourth-order valence-corrected chi connectivity index (χ4v) is 6.16. The molecule has 0 aromatic heterocycles. The summed E-state index contributed by atoms with van der Waals surface area (Å²) in [4.78, 5) is 13.4. The number of nitrogens with one attached hydrogen (secondary N) is 1. The largest absolute Gasteiger partial charge is 0.495 e. The second-order valence-electron chi connectivity index (χ2n) is 8.30. The van der Waals surface area contributed by atoms with Gasteiger partial charge in [0, 0.05) is 16.1 Å². The maximum Gasteiger partial charge on any atom is 0.264 e. The Hall–Kier alpha value is -3.55. The van der Waals surface area contributed by atoms with Gasteiger partial charge in [0.2, 0.25) is 5.91 Å². The molecule has 0 spiro atoms. The molecule has 5 rings (SSSR count). The minimum Gasteiger partial charge on any atom is -0.495 e. The number of sulfonamides is 1. The zero-order chi connectivity index (χ0) is 24.6. The molecule has 0 aliphatic heterocycles. The maximum atomic E-state index is 13.7. The maximum absolute atomic E-state index is 13.7. The number of carbonyl (C=O) groups excluding carboxylic acids is 1. The first-order valence-corrected chi connectivity index (χ1v) is 12.9. The molecule has 1 N–H and O–H groups in total. The van der Waals surface area contributed by atoms with Gasteiger partial charge in [-0.2, -0.15) is 0 Å². The van der Waals surface area contributed by atoms with E-state index in [0.717, 1.165) is 27.9 Å². The fraction of sp³-hybridized carbons (Fsp3) is 0.148. The van der Waals surface area contributed by atoms with Crippen LogP contribution in [0.4, 0.5) is 11.4 Å². The first kappa shape index (κ1) is 23.2. The fourth-order valence-electron chi connectivity index (χ4n) is 4.55. The number of anilines is 2. The van der Waals surface area contributed by atoms with Gasteiger partial charge < -0.3 is 10.1 Å². The third-order valence-electron chi connectivity index (χ3n) is 6.18. The lowest BCUT2D eigenvalue weighted by atomic mass is 10.0. The van der Waals surface area contributed by atoms with Gasteiger partial charge in [-0.05, 0) is 65.8 Å². The molecule has 1 aliphatic carbocycles. The lowest BCUT2D eigenvalue weighted by Crippen LogP contribution is -2.38. The number of amides is 1. The van der Waals surface area contributed by atoms with Crippen molar-refractivity contribution in [1.82, 2.24) is 0 Å². The molecule has 0 saturated heterocycles. The van der Waals surface area contributed by atoms with Gasteiger partial charge in [0.25, 0.3) is 10.0 Å². The average molecular weight is 507 g/mol. The number of methoxy groups -OCH3 is 1. The van der Waals surface area contributed by atoms with Crippen LogP contribution in [0.3, 0.4) is 0 Å². The number of hydrogen-bond donors (Lipinski definition) is 1. The van der Waals surface area contributed by atoms with E-state index in [1.54, 1.807) is 30.3 Å². The Morgan fingerprint density at radius 1 is 0.971 bits per heavy atom. The van der Waals surface area contributed by atoms with Gasteiger partial charge >= 0.3 is 0 Å². The van der Waals surface area contributed by atoms with Crippen LogP contribution in [0.2, 0.25) is 5.02 Å². The normalized spacial score (nSPS) is 12.5. The van der Waals surface area contributed by atoms with Crippen molar-refractivity contribution in [1.29, 1.82) is 0 Å². The molecular weight excluding hydrogens is 484 g/mol. The molecular formula is C27H23ClN2O4S. The van der Waals surface area contributed by atoms with Crippen molar-refractivity contribution in [3.05, 3.63) is 95.0 Å². The van der Waals surface area contributed by atoms with Crippen LogP contribution < -0.4 is 14.4 Å². The van der Waals surface area contributed by atoms with Gasteiger partial charge in [0.05, 0.1) is 17.7 Å². The second-order valence-corrected chi connectivity index (χ2v) is 10.6. The van der Waals surface area contributed by atoms with Crippen LogP contribution in [-0.2, 0) is 27.7 Å². The number of nitrogens with zero attached hydrogens (tertiary/aromatic N) is 1. The van der Waals surface area contributed by atoms with E-state index >= 15 is 0 Å². The van der Waals surface area contributed by atoms with Gasteiger partial charge in [0.1, 0.15) is 12.3 Å². The molecule has 35 heavy (non-hydrogen) atoms. The van der Waals surface area contributed by atoms with Gasteiger partial charge in [-0.15, -0.1) is 0 Å². The molecule has 0 saturated carbocycles. The lowest BCUT2D eigenvalue weighted by molar-refractivity contribution is -0.114. The van der Waals surface area contributed by atoms with Crippen molar-refractivity contribution in [2.45, 2.75) is 17.7 Å². The minimum atomic E-state index is -4.10. The van der Waals surface area contributed by atoms with Crippen molar-refractivity contribution in [3.63, 3.8) is 0 Å². The van der Waals surface area contributed by atoms with Crippen molar-refractivity contribution in [3.8, 4) is 5.75 Å².